The molecule has 1 aromatic carbocycles. The van der Waals surface area contributed by atoms with E-state index < -0.39 is 0 Å². The van der Waals surface area contributed by atoms with Crippen molar-refractivity contribution >= 4 is 11.6 Å². The number of hydrogen-bond donors (Lipinski definition) is 1. The number of nitrogens with zero attached hydrogens (tertiary/aromatic N) is 1. The van der Waals surface area contributed by atoms with Gasteiger partial charge in [0.05, 0.1) is 19.2 Å². The molecule has 1 amide bonds. The molecule has 0 aliphatic heterocycles. The second-order valence-electron chi connectivity index (χ2n) is 4.25. The van der Waals surface area contributed by atoms with E-state index in [0.717, 1.165) is 11.3 Å². The number of nitrogens with two attached hydrogens (primary N) is 1. The van der Waals surface area contributed by atoms with E-state index in [0.29, 0.717) is 18.7 Å². The number of anilines is 1. The number of amides is 1. The maximum atomic E-state index is 12.0. The molecule has 0 aliphatic rings. The van der Waals surface area contributed by atoms with Crippen LogP contribution in [-0.4, -0.2) is 17.9 Å². The summed E-state index contributed by atoms with van der Waals surface area (Å²) in [6, 6.07) is 11.0. The van der Waals surface area contributed by atoms with Crippen LogP contribution in [0.5, 0.6) is 0 Å². The molecule has 0 fully saturated rings. The third kappa shape index (κ3) is 3.13. The van der Waals surface area contributed by atoms with Crippen molar-refractivity contribution in [1.29, 1.82) is 0 Å². The Labute approximate surface area is 106 Å². The van der Waals surface area contributed by atoms with E-state index in [2.05, 4.69) is 0 Å². The predicted octanol–water partition coefficient (Wildman–Crippen LogP) is 2.06. The molecule has 0 unspecified atom stereocenters. The van der Waals surface area contributed by atoms with Crippen LogP contribution in [0.15, 0.2) is 47.1 Å². The molecule has 0 aliphatic carbocycles. The number of furan rings is 1. The van der Waals surface area contributed by atoms with Gasteiger partial charge in [-0.25, -0.2) is 0 Å². The number of benzene rings is 1. The Morgan fingerprint density at radius 1 is 1.28 bits per heavy atom. The summed E-state index contributed by atoms with van der Waals surface area (Å²) in [6.45, 7) is 0.487. The minimum absolute atomic E-state index is 0.0520. The number of likely N-dealkylation sites (N-methyl/N-ethyl adjacent to an activating group) is 1. The first-order chi connectivity index (χ1) is 8.65. The van der Waals surface area contributed by atoms with E-state index in [1.54, 1.807) is 30.3 Å². The van der Waals surface area contributed by atoms with Gasteiger partial charge in [-0.1, -0.05) is 12.1 Å². The third-order valence-corrected chi connectivity index (χ3v) is 2.73. The molecule has 2 N–H and O–H groups in total. The highest BCUT2D eigenvalue weighted by atomic mass is 16.3. The first-order valence-electron chi connectivity index (χ1n) is 5.76. The molecule has 2 aromatic rings. The number of nitrogen functional groups attached to an aromatic ring is 1. The molecule has 4 heteroatoms. The van der Waals surface area contributed by atoms with Crippen molar-refractivity contribution in [2.75, 3.05) is 12.8 Å². The van der Waals surface area contributed by atoms with Gasteiger partial charge in [0.1, 0.15) is 5.76 Å². The van der Waals surface area contributed by atoms with Crippen molar-refractivity contribution in [2.24, 2.45) is 0 Å². The smallest absolute Gasteiger partial charge is 0.227 e. The van der Waals surface area contributed by atoms with Crippen molar-refractivity contribution in [3.8, 4) is 0 Å². The summed E-state index contributed by atoms with van der Waals surface area (Å²) in [4.78, 5) is 13.6. The van der Waals surface area contributed by atoms with Gasteiger partial charge >= 0.3 is 0 Å². The average molecular weight is 244 g/mol. The molecule has 0 saturated carbocycles. The second kappa shape index (κ2) is 5.40. The fraction of sp³-hybridized carbons (Fsp3) is 0.214. The lowest BCUT2D eigenvalue weighted by Gasteiger charge is -2.15. The highest BCUT2D eigenvalue weighted by molar-refractivity contribution is 5.78. The second-order valence-corrected chi connectivity index (χ2v) is 4.25. The minimum atomic E-state index is 0.0520. The van der Waals surface area contributed by atoms with Crippen molar-refractivity contribution in [3.63, 3.8) is 0 Å². The molecule has 4 nitrogen and oxygen atoms in total. The van der Waals surface area contributed by atoms with Gasteiger partial charge in [0.25, 0.3) is 0 Å². The topological polar surface area (TPSA) is 59.5 Å². The van der Waals surface area contributed by atoms with E-state index in [4.69, 9.17) is 10.2 Å². The molecule has 0 spiro atoms. The lowest BCUT2D eigenvalue weighted by Crippen LogP contribution is -2.27. The van der Waals surface area contributed by atoms with Gasteiger partial charge in [0.15, 0.2) is 0 Å². The standard InChI is InChI=1S/C14H16N2O2/c1-16(10-13-3-2-8-18-13)14(17)9-11-4-6-12(15)7-5-11/h2-8H,9-10,15H2,1H3. The summed E-state index contributed by atoms with van der Waals surface area (Å²) in [5.41, 5.74) is 7.26. The summed E-state index contributed by atoms with van der Waals surface area (Å²) in [5.74, 6) is 0.833. The van der Waals surface area contributed by atoms with Gasteiger partial charge in [-0.15, -0.1) is 0 Å². The number of rotatable bonds is 4. The van der Waals surface area contributed by atoms with Crippen molar-refractivity contribution in [3.05, 3.63) is 54.0 Å². The predicted molar refractivity (Wildman–Crippen MR) is 69.7 cm³/mol. The van der Waals surface area contributed by atoms with Crippen LogP contribution in [0.1, 0.15) is 11.3 Å². The van der Waals surface area contributed by atoms with Gasteiger partial charge in [0, 0.05) is 12.7 Å². The van der Waals surface area contributed by atoms with E-state index in [9.17, 15) is 4.79 Å². The average Bonchev–Trinajstić information content (AvgIpc) is 2.85. The Kier molecular flexibility index (Phi) is 3.67. The summed E-state index contributed by atoms with van der Waals surface area (Å²) >= 11 is 0. The van der Waals surface area contributed by atoms with Crippen LogP contribution >= 0.6 is 0 Å². The largest absolute Gasteiger partial charge is 0.467 e. The normalized spacial score (nSPS) is 10.3. The zero-order valence-corrected chi connectivity index (χ0v) is 10.3. The number of carbonyl (C=O) groups excluding carboxylic acids is 1. The first-order valence-corrected chi connectivity index (χ1v) is 5.76. The van der Waals surface area contributed by atoms with Crippen LogP contribution < -0.4 is 5.73 Å². The lowest BCUT2D eigenvalue weighted by molar-refractivity contribution is -0.129. The van der Waals surface area contributed by atoms with Gasteiger partial charge in [-0.3, -0.25) is 4.79 Å². The molecule has 94 valence electrons. The summed E-state index contributed by atoms with van der Waals surface area (Å²) in [7, 11) is 1.77. The Morgan fingerprint density at radius 2 is 2.00 bits per heavy atom. The fourth-order valence-electron chi connectivity index (χ4n) is 1.67. The summed E-state index contributed by atoms with van der Waals surface area (Å²) in [6.07, 6.45) is 1.98. The minimum Gasteiger partial charge on any atom is -0.467 e. The zero-order valence-electron chi connectivity index (χ0n) is 10.3. The molecule has 1 heterocycles. The Morgan fingerprint density at radius 3 is 2.61 bits per heavy atom. The van der Waals surface area contributed by atoms with Crippen molar-refractivity contribution < 1.29 is 9.21 Å². The van der Waals surface area contributed by atoms with Gasteiger partial charge in [-0.2, -0.15) is 0 Å². The molecular formula is C14H16N2O2. The fourth-order valence-corrected chi connectivity index (χ4v) is 1.67. The Hall–Kier alpha value is -2.23. The van der Waals surface area contributed by atoms with Gasteiger partial charge < -0.3 is 15.1 Å². The monoisotopic (exact) mass is 244 g/mol. The zero-order chi connectivity index (χ0) is 13.0. The Balaban J connectivity index is 1.93. The van der Waals surface area contributed by atoms with Crippen LogP contribution in [0, 0.1) is 0 Å². The van der Waals surface area contributed by atoms with Crippen LogP contribution in [0.3, 0.4) is 0 Å². The van der Waals surface area contributed by atoms with E-state index in [1.165, 1.54) is 0 Å². The van der Waals surface area contributed by atoms with Gasteiger partial charge in [0.2, 0.25) is 5.91 Å². The lowest BCUT2D eigenvalue weighted by atomic mass is 10.1. The summed E-state index contributed by atoms with van der Waals surface area (Å²) < 4.78 is 5.21. The molecule has 2 rings (SSSR count). The molecule has 1 aromatic heterocycles. The molecule has 18 heavy (non-hydrogen) atoms. The molecule has 0 saturated heterocycles. The first kappa shape index (κ1) is 12.2. The maximum Gasteiger partial charge on any atom is 0.227 e. The van der Waals surface area contributed by atoms with Crippen molar-refractivity contribution in [1.82, 2.24) is 4.90 Å². The number of carbonyl (C=O) groups is 1. The van der Waals surface area contributed by atoms with Crippen LogP contribution in [0.4, 0.5) is 5.69 Å². The highest BCUT2D eigenvalue weighted by Gasteiger charge is 2.11. The van der Waals surface area contributed by atoms with Crippen LogP contribution in [-0.2, 0) is 17.8 Å². The van der Waals surface area contributed by atoms with Gasteiger partial charge in [-0.05, 0) is 29.8 Å². The van der Waals surface area contributed by atoms with Crippen LogP contribution in [0.25, 0.3) is 0 Å². The number of hydrogen-bond acceptors (Lipinski definition) is 3. The molecular weight excluding hydrogens is 228 g/mol. The Bertz CT molecular complexity index is 503. The third-order valence-electron chi connectivity index (χ3n) is 2.73. The van der Waals surface area contributed by atoms with Crippen LogP contribution in [0.2, 0.25) is 0 Å². The molecule has 0 radical (unpaired) electrons. The van der Waals surface area contributed by atoms with E-state index in [-0.39, 0.29) is 5.91 Å². The SMILES string of the molecule is CN(Cc1ccco1)C(=O)Cc1ccc(N)cc1. The summed E-state index contributed by atoms with van der Waals surface area (Å²) in [5, 5.41) is 0. The quantitative estimate of drug-likeness (QED) is 0.837. The van der Waals surface area contributed by atoms with E-state index >= 15 is 0 Å². The van der Waals surface area contributed by atoms with Crippen molar-refractivity contribution in [2.45, 2.75) is 13.0 Å². The maximum absolute atomic E-state index is 12.0. The highest BCUT2D eigenvalue weighted by Crippen LogP contribution is 2.09. The molecule has 0 atom stereocenters. The van der Waals surface area contributed by atoms with E-state index in [1.807, 2.05) is 24.3 Å². The molecule has 0 bridgehead atoms.